The molecule has 2 amide bonds. The Bertz CT molecular complexity index is 2220. The normalized spacial score (nSPS) is 12.1. The minimum absolute atomic E-state index is 0. The molecule has 16 heteroatoms. The zero-order valence-electron chi connectivity index (χ0n) is 27.8. The summed E-state index contributed by atoms with van der Waals surface area (Å²) in [7, 11) is 2.20. The molecule has 2 unspecified atom stereocenters. The van der Waals surface area contributed by atoms with Crippen molar-refractivity contribution in [2.75, 3.05) is 14.2 Å². The largest absolute Gasteiger partial charge is 2.00 e. The number of aromatic nitrogens is 4. The Balaban J connectivity index is 0.000000450. The molecule has 2 atom stereocenters. The molecule has 260 valence electrons. The van der Waals surface area contributed by atoms with Crippen molar-refractivity contribution in [3.05, 3.63) is 94.6 Å². The number of aryl methyl sites for hydroxylation is 4. The van der Waals surface area contributed by atoms with Gasteiger partial charge >= 0.3 is 37.1 Å². The molecular weight excluding hydrogens is 776 g/mol. The Morgan fingerprint density at radius 2 is 1.19 bits per heavy atom. The van der Waals surface area contributed by atoms with Gasteiger partial charge < -0.3 is 40.5 Å². The maximum absolute atomic E-state index is 10.9. The summed E-state index contributed by atoms with van der Waals surface area (Å²) < 4.78 is 7.56. The van der Waals surface area contributed by atoms with Crippen molar-refractivity contribution in [3.63, 3.8) is 0 Å². The third-order valence-corrected chi connectivity index (χ3v) is 9.73. The van der Waals surface area contributed by atoms with E-state index in [9.17, 15) is 19.2 Å². The second-order valence-corrected chi connectivity index (χ2v) is 13.2. The predicted octanol–water partition coefficient (Wildman–Crippen LogP) is 6.98. The second kappa shape index (κ2) is 18.0. The summed E-state index contributed by atoms with van der Waals surface area (Å²) in [5.41, 5.74) is 24.9. The van der Waals surface area contributed by atoms with E-state index in [2.05, 4.69) is 80.1 Å². The molecule has 0 saturated carbocycles. The van der Waals surface area contributed by atoms with Crippen molar-refractivity contribution in [2.45, 2.75) is 25.7 Å². The molecule has 4 aromatic carbocycles. The molecule has 8 rings (SSSR count). The van der Waals surface area contributed by atoms with Crippen LogP contribution in [0.25, 0.3) is 66.7 Å². The molecule has 4 N–H and O–H groups in total. The average molecular weight is 807 g/mol. The summed E-state index contributed by atoms with van der Waals surface area (Å²) in [4.78, 5) is 56.3. The molecule has 2 aliphatic rings. The summed E-state index contributed by atoms with van der Waals surface area (Å²) >= 11 is 0. The number of aromatic amines is 2. The number of hydrogen-bond acceptors (Lipinski definition) is 8. The van der Waals surface area contributed by atoms with Crippen LogP contribution in [0.15, 0.2) is 60.7 Å². The molecule has 6 aromatic rings. The van der Waals surface area contributed by atoms with Crippen LogP contribution in [0.1, 0.15) is 22.5 Å². The Morgan fingerprint density at radius 3 is 1.77 bits per heavy atom. The Labute approximate surface area is 326 Å². The van der Waals surface area contributed by atoms with Gasteiger partial charge in [0.1, 0.15) is 0 Å². The number of carbonyl (C=O) groups is 2. The molecule has 0 spiro atoms. The van der Waals surface area contributed by atoms with Gasteiger partial charge in [-0.15, -0.1) is 0 Å². The number of rotatable bonds is 5. The van der Waals surface area contributed by atoms with Gasteiger partial charge in [0.25, 0.3) is 0 Å². The third kappa shape index (κ3) is 8.67. The van der Waals surface area contributed by atoms with Crippen molar-refractivity contribution in [2.24, 2.45) is 0 Å². The summed E-state index contributed by atoms with van der Waals surface area (Å²) in [5, 5.41) is 4.89. The van der Waals surface area contributed by atoms with Gasteiger partial charge in [-0.05, 0) is 87.7 Å². The fourth-order valence-electron chi connectivity index (χ4n) is 6.37. The van der Waals surface area contributed by atoms with Crippen molar-refractivity contribution < 1.29 is 65.8 Å². The van der Waals surface area contributed by atoms with E-state index in [0.717, 1.165) is 73.8 Å². The first-order valence-corrected chi connectivity index (χ1v) is 17.4. The van der Waals surface area contributed by atoms with E-state index in [1.165, 1.54) is 43.8 Å². The van der Waals surface area contributed by atoms with E-state index in [0.29, 0.717) is 11.1 Å². The fraction of sp³-hybridized carbons (Fsp3) is 0.167. The van der Waals surface area contributed by atoms with Gasteiger partial charge in [-0.25, -0.2) is 22.0 Å². The number of ether oxygens (including phenoxy) is 2. The fourth-order valence-corrected chi connectivity index (χ4v) is 7.32. The maximum atomic E-state index is 10.9. The zero-order chi connectivity index (χ0) is 35.4. The monoisotopic (exact) mass is 806 g/mol. The van der Waals surface area contributed by atoms with Gasteiger partial charge in [-0.2, -0.15) is 17.2 Å². The predicted molar refractivity (Wildman–Crippen MR) is 198 cm³/mol. The van der Waals surface area contributed by atoms with Crippen LogP contribution in [0.4, 0.5) is 9.59 Å². The number of methoxy groups -OCH3 is 2. The van der Waals surface area contributed by atoms with Crippen LogP contribution >= 0.6 is 17.2 Å². The molecule has 2 heterocycles. The number of imidazole rings is 2. The summed E-state index contributed by atoms with van der Waals surface area (Å²) in [6.07, 6.45) is 1.70. The van der Waals surface area contributed by atoms with Gasteiger partial charge in [0.05, 0.1) is 36.7 Å². The number of amides is 2. The number of carbonyl (C=O) groups excluding carboxylic acids is 4. The maximum Gasteiger partial charge on any atom is 2.00 e. The molecular formula is C36H30N6O6P2V2. The summed E-state index contributed by atoms with van der Waals surface area (Å²) in [6, 6.07) is 26.3. The standard InChI is InChI=1S/C32H22N4O2P2.2C2H5NO2.2V/c37-15-39-31-34-28-10-8-24-23-6-3-18(11-20(23)4-7-25(24)29(28)35-31)17-1-2-19-14-26-21(13-22(19)12-17)5-9-27-30(26)36-32(33-27)40-16-38;2*1-5-2(3)4;;/h1-4,6-7,11-14,39-40H,5,8-10H2,(H,33,36)(H,34,35);2*1H3,(H2,3,4);;/q-2;;;2*+2/p-2. The Kier molecular flexibility index (Phi) is 14.0. The van der Waals surface area contributed by atoms with Gasteiger partial charge in [-0.1, -0.05) is 42.5 Å². The van der Waals surface area contributed by atoms with Crippen molar-refractivity contribution >= 4 is 74.1 Å². The molecule has 0 saturated heterocycles. The summed E-state index contributed by atoms with van der Waals surface area (Å²) in [6.45, 7) is 0. The topological polar surface area (TPSA) is 192 Å². The number of hydrogen-bond donors (Lipinski definition) is 2. The number of nitrogens with zero attached hydrogens (tertiary/aromatic N) is 2. The quantitative estimate of drug-likeness (QED) is 0.138. The van der Waals surface area contributed by atoms with Crippen molar-refractivity contribution in [1.82, 2.24) is 19.9 Å². The number of nitrogens with one attached hydrogen (secondary N) is 4. The minimum atomic E-state index is -0.995. The Hall–Kier alpha value is -4.27. The molecule has 2 radical (unpaired) electrons. The molecule has 52 heavy (non-hydrogen) atoms. The first-order valence-electron chi connectivity index (χ1n) is 15.4. The van der Waals surface area contributed by atoms with Gasteiger partial charge in [0.15, 0.2) is 0 Å². The molecule has 0 aliphatic heterocycles. The van der Waals surface area contributed by atoms with E-state index in [4.69, 9.17) is 21.4 Å². The van der Waals surface area contributed by atoms with E-state index in [1.54, 1.807) is 0 Å². The molecule has 2 aromatic heterocycles. The minimum Gasteiger partial charge on any atom is -0.632 e. The molecule has 12 nitrogen and oxygen atoms in total. The number of H-pyrrole nitrogens is 2. The Morgan fingerprint density at radius 1 is 0.673 bits per heavy atom. The SMILES string of the molecule is COC([NH-])=O.COC([NH-])=O.O=[C-]Pc1nc2c([nH]1)CCc1cc3cc(-c4ccc5c6c(ccc5c4)-c4nc(P[C-]=O)[nH]c4CC6)ccc3cc1-2.[V+2].[V+2]. The average Bonchev–Trinajstić information content (AvgIpc) is 3.75. The number of fused-ring (bicyclic) bond motifs is 9. The van der Waals surface area contributed by atoms with Gasteiger partial charge in [-0.3, -0.25) is 9.59 Å². The van der Waals surface area contributed by atoms with E-state index < -0.39 is 12.2 Å². The van der Waals surface area contributed by atoms with Crippen molar-refractivity contribution in [1.29, 1.82) is 0 Å². The molecule has 0 fully saturated rings. The molecule has 2 aliphatic carbocycles. The first-order chi connectivity index (χ1) is 24.2. The van der Waals surface area contributed by atoms with E-state index in [-0.39, 0.29) is 54.3 Å². The second-order valence-electron chi connectivity index (χ2n) is 11.4. The van der Waals surface area contributed by atoms with Crippen LogP contribution in [0, 0.1) is 0 Å². The number of benzene rings is 4. The zero-order valence-corrected chi connectivity index (χ0v) is 32.6. The summed E-state index contributed by atoms with van der Waals surface area (Å²) in [5.74, 6) is 0. The van der Waals surface area contributed by atoms with Crippen LogP contribution in [-0.4, -0.2) is 58.4 Å². The van der Waals surface area contributed by atoms with Crippen LogP contribution in [0.3, 0.4) is 0 Å². The van der Waals surface area contributed by atoms with Gasteiger partial charge in [0, 0.05) is 22.5 Å². The molecule has 0 bridgehead atoms. The van der Waals surface area contributed by atoms with Crippen LogP contribution in [-0.2, 0) is 81.9 Å². The van der Waals surface area contributed by atoms with Crippen LogP contribution < -0.4 is 11.1 Å². The third-order valence-electron chi connectivity index (χ3n) is 8.57. The van der Waals surface area contributed by atoms with Crippen LogP contribution in [0.5, 0.6) is 0 Å². The van der Waals surface area contributed by atoms with Crippen molar-refractivity contribution in [3.8, 4) is 33.6 Å². The smallest absolute Gasteiger partial charge is 0.632 e. The van der Waals surface area contributed by atoms with Crippen LogP contribution in [0.2, 0.25) is 0 Å². The first kappa shape index (κ1) is 40.5. The van der Waals surface area contributed by atoms with E-state index in [1.807, 2.05) is 12.1 Å². The van der Waals surface area contributed by atoms with Gasteiger partial charge in [0.2, 0.25) is 12.2 Å². The van der Waals surface area contributed by atoms with E-state index >= 15 is 0 Å².